The molecule has 0 aromatic heterocycles. The van der Waals surface area contributed by atoms with Crippen molar-refractivity contribution in [1.29, 1.82) is 0 Å². The number of rotatable bonds is 4. The van der Waals surface area contributed by atoms with E-state index in [2.05, 4.69) is 17.4 Å². The molecule has 1 aromatic rings. The zero-order valence-electron chi connectivity index (χ0n) is 17.8. The van der Waals surface area contributed by atoms with Crippen LogP contribution in [0.1, 0.15) is 75.8 Å². The summed E-state index contributed by atoms with van der Waals surface area (Å²) in [6, 6.07) is 6.61. The predicted molar refractivity (Wildman–Crippen MR) is 113 cm³/mol. The molecule has 1 amide bonds. The highest BCUT2D eigenvalue weighted by atomic mass is 16.7. The Balaban J connectivity index is 1.38. The molecule has 1 saturated heterocycles. The topological polar surface area (TPSA) is 72.2 Å². The van der Waals surface area contributed by atoms with Crippen LogP contribution in [0.2, 0.25) is 0 Å². The standard InChI is InChI=1S/C24H34N2O4/c27-22(25-18-6-2-1-3-7-18)15-26-13-12-24(28)11-5-4-8-19(24)23(26)17-9-10-20-21(14-17)30-16-29-20/h9-10,14,18-19,23,28H,1-8,11-13,15-16H2,(H,25,27)/p+1/t19-,23+,24-/m0/s1. The molecule has 6 nitrogen and oxygen atoms in total. The monoisotopic (exact) mass is 415 g/mol. The molecule has 3 N–H and O–H groups in total. The van der Waals surface area contributed by atoms with E-state index in [0.29, 0.717) is 12.6 Å². The van der Waals surface area contributed by atoms with Crippen molar-refractivity contribution < 1.29 is 24.3 Å². The van der Waals surface area contributed by atoms with Gasteiger partial charge in [-0.3, -0.25) is 4.79 Å². The van der Waals surface area contributed by atoms with Crippen molar-refractivity contribution >= 4 is 5.91 Å². The molecular formula is C24H35N2O4+. The quantitative estimate of drug-likeness (QED) is 0.704. The fourth-order valence-corrected chi connectivity index (χ4v) is 6.36. The molecule has 3 fully saturated rings. The van der Waals surface area contributed by atoms with E-state index in [4.69, 9.17) is 9.47 Å². The zero-order chi connectivity index (χ0) is 20.6. The van der Waals surface area contributed by atoms with E-state index in [9.17, 15) is 9.90 Å². The SMILES string of the molecule is O=C(C[NH+]1CC[C@@]2(O)CCCC[C@H]2[C@H]1c1ccc2c(c1)OCO2)NC1CCCCC1. The summed E-state index contributed by atoms with van der Waals surface area (Å²) in [6.45, 7) is 1.56. The second-order valence-electron chi connectivity index (χ2n) is 9.78. The molecule has 2 aliphatic heterocycles. The average Bonchev–Trinajstić information content (AvgIpc) is 3.22. The van der Waals surface area contributed by atoms with E-state index in [0.717, 1.165) is 68.6 Å². The first-order valence-electron chi connectivity index (χ1n) is 11.9. The lowest BCUT2D eigenvalue weighted by atomic mass is 9.66. The summed E-state index contributed by atoms with van der Waals surface area (Å²) >= 11 is 0. The zero-order valence-corrected chi connectivity index (χ0v) is 17.8. The molecule has 6 heteroatoms. The molecule has 0 radical (unpaired) electrons. The lowest BCUT2D eigenvalue weighted by Crippen LogP contribution is -3.16. The third kappa shape index (κ3) is 3.92. The molecule has 4 aliphatic rings. The summed E-state index contributed by atoms with van der Waals surface area (Å²) in [4.78, 5) is 14.2. The maximum atomic E-state index is 12.9. The van der Waals surface area contributed by atoms with Crippen molar-refractivity contribution in [3.8, 4) is 11.5 Å². The van der Waals surface area contributed by atoms with Crippen LogP contribution in [-0.2, 0) is 4.79 Å². The van der Waals surface area contributed by atoms with E-state index in [1.165, 1.54) is 24.2 Å². The van der Waals surface area contributed by atoms with Gasteiger partial charge in [-0.05, 0) is 43.9 Å². The lowest BCUT2D eigenvalue weighted by Gasteiger charge is -2.50. The number of hydrogen-bond donors (Lipinski definition) is 3. The number of nitrogens with one attached hydrogen (secondary N) is 2. The molecule has 2 heterocycles. The second kappa shape index (κ2) is 8.39. The average molecular weight is 416 g/mol. The third-order valence-corrected chi connectivity index (χ3v) is 7.90. The van der Waals surface area contributed by atoms with E-state index in [1.807, 2.05) is 6.07 Å². The number of hydrogen-bond acceptors (Lipinski definition) is 4. The number of likely N-dealkylation sites (tertiary alicyclic amines) is 1. The normalized spacial score (nSPS) is 33.7. The van der Waals surface area contributed by atoms with Gasteiger partial charge in [-0.2, -0.15) is 0 Å². The second-order valence-corrected chi connectivity index (χ2v) is 9.78. The summed E-state index contributed by atoms with van der Waals surface area (Å²) < 4.78 is 11.1. The van der Waals surface area contributed by atoms with Crippen LogP contribution in [0.5, 0.6) is 11.5 Å². The number of ether oxygens (including phenoxy) is 2. The van der Waals surface area contributed by atoms with Gasteiger partial charge in [-0.1, -0.05) is 32.1 Å². The number of fused-ring (bicyclic) bond motifs is 2. The first-order valence-corrected chi connectivity index (χ1v) is 11.9. The van der Waals surface area contributed by atoms with Gasteiger partial charge in [0.05, 0.1) is 12.1 Å². The van der Waals surface area contributed by atoms with Crippen LogP contribution in [0.4, 0.5) is 0 Å². The fourth-order valence-electron chi connectivity index (χ4n) is 6.36. The van der Waals surface area contributed by atoms with Crippen molar-refractivity contribution in [2.75, 3.05) is 19.9 Å². The Morgan fingerprint density at radius 1 is 1.07 bits per heavy atom. The Morgan fingerprint density at radius 2 is 1.87 bits per heavy atom. The van der Waals surface area contributed by atoms with Gasteiger partial charge >= 0.3 is 0 Å². The Morgan fingerprint density at radius 3 is 2.73 bits per heavy atom. The van der Waals surface area contributed by atoms with Crippen LogP contribution in [0.25, 0.3) is 0 Å². The van der Waals surface area contributed by atoms with Gasteiger partial charge in [0, 0.05) is 23.9 Å². The maximum Gasteiger partial charge on any atom is 0.275 e. The summed E-state index contributed by atoms with van der Waals surface area (Å²) in [7, 11) is 0. The van der Waals surface area contributed by atoms with Crippen LogP contribution in [-0.4, -0.2) is 42.5 Å². The molecule has 2 saturated carbocycles. The maximum absolute atomic E-state index is 12.9. The van der Waals surface area contributed by atoms with E-state index < -0.39 is 5.60 Å². The summed E-state index contributed by atoms with van der Waals surface area (Å²) in [5.74, 6) is 1.90. The Bertz CT molecular complexity index is 778. The Labute approximate surface area is 178 Å². The first-order chi connectivity index (χ1) is 14.6. The minimum atomic E-state index is -0.608. The van der Waals surface area contributed by atoms with Crippen LogP contribution < -0.4 is 19.7 Å². The summed E-state index contributed by atoms with van der Waals surface area (Å²) in [5, 5.41) is 14.8. The highest BCUT2D eigenvalue weighted by Gasteiger charge is 2.52. The molecule has 4 atom stereocenters. The lowest BCUT2D eigenvalue weighted by molar-refractivity contribution is -0.937. The number of benzene rings is 1. The molecule has 30 heavy (non-hydrogen) atoms. The number of piperidine rings is 1. The van der Waals surface area contributed by atoms with Gasteiger partial charge in [0.25, 0.3) is 5.91 Å². The minimum Gasteiger partial charge on any atom is -0.454 e. The van der Waals surface area contributed by atoms with Crippen LogP contribution >= 0.6 is 0 Å². The van der Waals surface area contributed by atoms with E-state index in [-0.39, 0.29) is 24.7 Å². The molecular weight excluding hydrogens is 380 g/mol. The molecule has 2 aliphatic carbocycles. The number of carbonyl (C=O) groups excluding carboxylic acids is 1. The van der Waals surface area contributed by atoms with Crippen molar-refractivity contribution in [2.45, 2.75) is 81.9 Å². The minimum absolute atomic E-state index is 0.107. The van der Waals surface area contributed by atoms with Gasteiger partial charge < -0.3 is 24.8 Å². The van der Waals surface area contributed by atoms with Crippen LogP contribution in [0.15, 0.2) is 18.2 Å². The van der Waals surface area contributed by atoms with Gasteiger partial charge in [0.2, 0.25) is 6.79 Å². The fraction of sp³-hybridized carbons (Fsp3) is 0.708. The Hall–Kier alpha value is -1.79. The van der Waals surface area contributed by atoms with Crippen molar-refractivity contribution in [3.63, 3.8) is 0 Å². The highest BCUT2D eigenvalue weighted by molar-refractivity contribution is 5.77. The third-order valence-electron chi connectivity index (χ3n) is 7.90. The van der Waals surface area contributed by atoms with Crippen LogP contribution in [0, 0.1) is 5.92 Å². The van der Waals surface area contributed by atoms with Crippen molar-refractivity contribution in [3.05, 3.63) is 23.8 Å². The summed E-state index contributed by atoms with van der Waals surface area (Å²) in [5.41, 5.74) is 0.549. The largest absolute Gasteiger partial charge is 0.454 e. The number of carbonyl (C=O) groups is 1. The van der Waals surface area contributed by atoms with Gasteiger partial charge in [0.1, 0.15) is 6.04 Å². The van der Waals surface area contributed by atoms with Gasteiger partial charge in [0.15, 0.2) is 18.0 Å². The van der Waals surface area contributed by atoms with Crippen molar-refractivity contribution in [2.24, 2.45) is 5.92 Å². The predicted octanol–water partition coefficient (Wildman–Crippen LogP) is 2.12. The van der Waals surface area contributed by atoms with E-state index >= 15 is 0 Å². The number of quaternary nitrogens is 1. The van der Waals surface area contributed by atoms with Gasteiger partial charge in [-0.25, -0.2) is 0 Å². The van der Waals surface area contributed by atoms with E-state index in [1.54, 1.807) is 0 Å². The molecule has 1 unspecified atom stereocenters. The highest BCUT2D eigenvalue weighted by Crippen LogP contribution is 2.45. The molecule has 0 spiro atoms. The smallest absolute Gasteiger partial charge is 0.275 e. The molecule has 1 aromatic carbocycles. The first kappa shape index (κ1) is 20.1. The van der Waals surface area contributed by atoms with Crippen molar-refractivity contribution in [1.82, 2.24) is 5.32 Å². The Kier molecular flexibility index (Phi) is 5.63. The summed E-state index contributed by atoms with van der Waals surface area (Å²) in [6.07, 6.45) is 10.9. The molecule has 5 rings (SSSR count). The van der Waals surface area contributed by atoms with Crippen LogP contribution in [0.3, 0.4) is 0 Å². The number of aliphatic hydroxyl groups is 1. The van der Waals surface area contributed by atoms with Gasteiger partial charge in [-0.15, -0.1) is 0 Å². The number of amides is 1. The molecule has 0 bridgehead atoms. The molecule has 164 valence electrons.